The number of fused-ring (bicyclic) bond motifs is 5. The minimum absolute atomic E-state index is 0.0530. The van der Waals surface area contributed by atoms with Crippen LogP contribution in [0.25, 0.3) is 0 Å². The summed E-state index contributed by atoms with van der Waals surface area (Å²) < 4.78 is 0. The third-order valence-corrected chi connectivity index (χ3v) is 4.88. The summed E-state index contributed by atoms with van der Waals surface area (Å²) in [5.41, 5.74) is -0.371. The standard InChI is InChI=1S/C15H12N2O5/c18-11-4-3-9(17(21)22)6-10(11)16-14(19)12-7-1-2-8(5-7)13(12)15(16)20/h1-4,6-8,12-13,18H,5H2/t7-,8-,12+,13+/m1/s1. The largest absolute Gasteiger partial charge is 0.506 e. The lowest BCUT2D eigenvalue weighted by molar-refractivity contribution is -0.384. The van der Waals surface area contributed by atoms with Gasteiger partial charge in [-0.3, -0.25) is 19.7 Å². The van der Waals surface area contributed by atoms with E-state index in [2.05, 4.69) is 0 Å². The fourth-order valence-corrected chi connectivity index (χ4v) is 3.94. The molecule has 7 heteroatoms. The van der Waals surface area contributed by atoms with Gasteiger partial charge < -0.3 is 5.11 Å². The molecule has 0 unspecified atom stereocenters. The number of phenols is 1. The van der Waals surface area contributed by atoms with Crippen molar-refractivity contribution >= 4 is 23.2 Å². The van der Waals surface area contributed by atoms with Gasteiger partial charge in [0.2, 0.25) is 11.8 Å². The Kier molecular flexibility index (Phi) is 2.46. The molecule has 2 bridgehead atoms. The fourth-order valence-electron chi connectivity index (χ4n) is 3.94. The number of anilines is 1. The first-order valence-electron chi connectivity index (χ1n) is 7.02. The van der Waals surface area contributed by atoms with Crippen molar-refractivity contribution in [1.29, 1.82) is 0 Å². The van der Waals surface area contributed by atoms with Gasteiger partial charge >= 0.3 is 0 Å². The van der Waals surface area contributed by atoms with E-state index in [9.17, 15) is 24.8 Å². The summed E-state index contributed by atoms with van der Waals surface area (Å²) in [6.45, 7) is 0. The molecule has 1 N–H and O–H groups in total. The Balaban J connectivity index is 1.79. The van der Waals surface area contributed by atoms with Gasteiger partial charge in [-0.2, -0.15) is 0 Å². The molecule has 0 spiro atoms. The van der Waals surface area contributed by atoms with Crippen LogP contribution in [-0.2, 0) is 9.59 Å². The number of nitro benzene ring substituents is 1. The maximum atomic E-state index is 12.6. The van der Waals surface area contributed by atoms with Crippen LogP contribution in [0.5, 0.6) is 5.75 Å². The van der Waals surface area contributed by atoms with E-state index in [1.165, 1.54) is 0 Å². The molecule has 22 heavy (non-hydrogen) atoms. The monoisotopic (exact) mass is 300 g/mol. The summed E-state index contributed by atoms with van der Waals surface area (Å²) in [7, 11) is 0. The molecule has 3 aliphatic rings. The van der Waals surface area contributed by atoms with E-state index >= 15 is 0 Å². The van der Waals surface area contributed by atoms with E-state index in [-0.39, 0.29) is 40.8 Å². The molecule has 7 nitrogen and oxygen atoms in total. The van der Waals surface area contributed by atoms with Crippen molar-refractivity contribution in [3.8, 4) is 5.75 Å². The van der Waals surface area contributed by atoms with Crippen LogP contribution in [0.4, 0.5) is 11.4 Å². The molecule has 2 fully saturated rings. The molecule has 1 heterocycles. The van der Waals surface area contributed by atoms with Crippen LogP contribution in [0.3, 0.4) is 0 Å². The van der Waals surface area contributed by atoms with Crippen LogP contribution in [0, 0.1) is 33.8 Å². The van der Waals surface area contributed by atoms with Crippen LogP contribution in [0.2, 0.25) is 0 Å². The number of carbonyl (C=O) groups excluding carboxylic acids is 2. The lowest BCUT2D eigenvalue weighted by Crippen LogP contribution is -2.32. The van der Waals surface area contributed by atoms with E-state index in [1.807, 2.05) is 12.2 Å². The van der Waals surface area contributed by atoms with Crippen LogP contribution in [0.15, 0.2) is 30.4 Å². The van der Waals surface area contributed by atoms with Crippen LogP contribution in [-0.4, -0.2) is 21.8 Å². The Morgan fingerprint density at radius 2 is 1.73 bits per heavy atom. The van der Waals surface area contributed by atoms with Gasteiger partial charge in [0, 0.05) is 12.1 Å². The van der Waals surface area contributed by atoms with Crippen LogP contribution in [0.1, 0.15) is 6.42 Å². The number of carbonyl (C=O) groups is 2. The molecular formula is C15H12N2O5. The molecule has 4 atom stereocenters. The second-order valence-corrected chi connectivity index (χ2v) is 5.94. The van der Waals surface area contributed by atoms with Gasteiger partial charge in [-0.1, -0.05) is 12.2 Å². The number of benzene rings is 1. The Labute approximate surface area is 125 Å². The maximum Gasteiger partial charge on any atom is 0.271 e. The average molecular weight is 300 g/mol. The Morgan fingerprint density at radius 1 is 1.14 bits per heavy atom. The molecule has 0 aromatic heterocycles. The van der Waals surface area contributed by atoms with Gasteiger partial charge in [0.25, 0.3) is 5.69 Å². The smallest absolute Gasteiger partial charge is 0.271 e. The van der Waals surface area contributed by atoms with Crippen LogP contribution < -0.4 is 4.90 Å². The molecule has 4 rings (SSSR count). The number of amides is 2. The molecule has 2 aliphatic carbocycles. The first-order chi connectivity index (χ1) is 10.5. The topological polar surface area (TPSA) is 101 Å². The second kappa shape index (κ2) is 4.16. The number of nitrogens with zero attached hydrogens (tertiary/aromatic N) is 2. The van der Waals surface area contributed by atoms with E-state index < -0.39 is 16.8 Å². The van der Waals surface area contributed by atoms with Gasteiger partial charge in [-0.25, -0.2) is 4.90 Å². The Hall–Kier alpha value is -2.70. The summed E-state index contributed by atoms with van der Waals surface area (Å²) in [5, 5.41) is 20.8. The van der Waals surface area contributed by atoms with Crippen molar-refractivity contribution in [3.63, 3.8) is 0 Å². The summed E-state index contributed by atoms with van der Waals surface area (Å²) in [4.78, 5) is 36.4. The predicted molar refractivity (Wildman–Crippen MR) is 75.0 cm³/mol. The van der Waals surface area contributed by atoms with Crippen molar-refractivity contribution in [3.05, 3.63) is 40.5 Å². The Morgan fingerprint density at radius 3 is 2.27 bits per heavy atom. The highest BCUT2D eigenvalue weighted by Gasteiger charge is 2.60. The molecular weight excluding hydrogens is 288 g/mol. The molecule has 1 saturated heterocycles. The molecule has 1 saturated carbocycles. The minimum atomic E-state index is -0.625. The highest BCUT2D eigenvalue weighted by molar-refractivity contribution is 6.23. The molecule has 1 aromatic carbocycles. The van der Waals surface area contributed by atoms with E-state index in [0.717, 1.165) is 29.5 Å². The van der Waals surface area contributed by atoms with Crippen molar-refractivity contribution < 1.29 is 19.6 Å². The molecule has 112 valence electrons. The fraction of sp³-hybridized carbons (Fsp3) is 0.333. The van der Waals surface area contributed by atoms with Gasteiger partial charge in [0.05, 0.1) is 16.8 Å². The number of hydrogen-bond acceptors (Lipinski definition) is 5. The number of hydrogen-bond donors (Lipinski definition) is 1. The number of allylic oxidation sites excluding steroid dienone is 2. The maximum absolute atomic E-state index is 12.6. The lowest BCUT2D eigenvalue weighted by atomic mass is 9.85. The number of aromatic hydroxyl groups is 1. The summed E-state index contributed by atoms with van der Waals surface area (Å²) in [6.07, 6.45) is 4.74. The summed E-state index contributed by atoms with van der Waals surface area (Å²) in [5.74, 6) is -1.75. The SMILES string of the molecule is O=C1[C@@H]2[C@@H](C(=O)N1c1cc([N+](=O)[O-])ccc1O)[C@@H]1C=C[C@@H]2C1. The molecule has 1 aliphatic heterocycles. The number of nitro groups is 1. The number of phenolic OH excluding ortho intramolecular Hbond substituents is 1. The van der Waals surface area contributed by atoms with Crippen molar-refractivity contribution in [2.45, 2.75) is 6.42 Å². The zero-order valence-electron chi connectivity index (χ0n) is 11.4. The molecule has 0 radical (unpaired) electrons. The zero-order valence-corrected chi connectivity index (χ0v) is 11.4. The van der Waals surface area contributed by atoms with Gasteiger partial charge in [0.15, 0.2) is 0 Å². The van der Waals surface area contributed by atoms with Gasteiger partial charge in [0.1, 0.15) is 11.4 Å². The molecule has 1 aromatic rings. The minimum Gasteiger partial charge on any atom is -0.506 e. The first-order valence-corrected chi connectivity index (χ1v) is 7.02. The van der Waals surface area contributed by atoms with Crippen molar-refractivity contribution in [1.82, 2.24) is 0 Å². The third kappa shape index (κ3) is 1.50. The van der Waals surface area contributed by atoms with Gasteiger partial charge in [-0.15, -0.1) is 0 Å². The number of non-ortho nitro benzene ring substituents is 1. The quantitative estimate of drug-likeness (QED) is 0.387. The highest BCUT2D eigenvalue weighted by Crippen LogP contribution is 2.54. The average Bonchev–Trinajstić information content (AvgIpc) is 3.14. The lowest BCUT2D eigenvalue weighted by Gasteiger charge is -2.18. The van der Waals surface area contributed by atoms with Crippen LogP contribution >= 0.6 is 0 Å². The van der Waals surface area contributed by atoms with E-state index in [1.54, 1.807) is 0 Å². The predicted octanol–water partition coefficient (Wildman–Crippen LogP) is 1.61. The van der Waals surface area contributed by atoms with E-state index in [4.69, 9.17) is 0 Å². The Bertz CT molecular complexity index is 726. The number of imide groups is 1. The highest BCUT2D eigenvalue weighted by atomic mass is 16.6. The van der Waals surface area contributed by atoms with Crippen molar-refractivity contribution in [2.75, 3.05) is 4.90 Å². The summed E-state index contributed by atoms with van der Waals surface area (Å²) in [6, 6.07) is 3.34. The van der Waals surface area contributed by atoms with Gasteiger partial charge in [-0.05, 0) is 24.3 Å². The second-order valence-electron chi connectivity index (χ2n) is 5.94. The number of rotatable bonds is 2. The zero-order chi connectivity index (χ0) is 15.6. The van der Waals surface area contributed by atoms with E-state index in [0.29, 0.717) is 0 Å². The normalized spacial score (nSPS) is 31.9. The third-order valence-electron chi connectivity index (χ3n) is 4.88. The summed E-state index contributed by atoms with van der Waals surface area (Å²) >= 11 is 0. The molecule has 2 amide bonds. The first kappa shape index (κ1) is 13.0. The van der Waals surface area contributed by atoms with Crippen molar-refractivity contribution in [2.24, 2.45) is 23.7 Å².